The Morgan fingerprint density at radius 1 is 0.953 bits per heavy atom. The third kappa shape index (κ3) is 9.80. The molecule has 4 aromatic heterocycles. The van der Waals surface area contributed by atoms with Crippen molar-refractivity contribution in [2.75, 3.05) is 54.9 Å². The van der Waals surface area contributed by atoms with E-state index in [-0.39, 0.29) is 24.8 Å². The number of carbonyl (C=O) groups is 3. The lowest BCUT2D eigenvalue weighted by Crippen LogP contribution is -2.48. The molecule has 6 aromatic rings. The molecule has 0 bridgehead atoms. The number of aromatic nitrogens is 6. The molecular formula is C44H46Cl2N12O4S2. The standard InChI is InChI=1S/C44H46Cl2N12O4S2/c1-23-8-7-9-31(46)38(23)53-41(60)33-22-47-44(64-33)52-34-21-35(50-27(5)49-34)57-16-14-56(15-17-57)18-19-62-43(61)25(3)48-36(59)20-32-40-55-54-28(6)58(40)42-37(24(2)26(4)63-42)39(51-32)29-10-12-30(45)13-11-29/h7-13,21-22,25,32H,14-20H2,1-6H3,(H,48,59)(H,53,60)(H,47,49,50,52)/t25-,32-/m0/s1. The van der Waals surface area contributed by atoms with Gasteiger partial charge in [-0.25, -0.2) is 19.7 Å². The van der Waals surface area contributed by atoms with Crippen molar-refractivity contribution in [1.82, 2.24) is 39.9 Å². The molecule has 0 radical (unpaired) electrons. The molecule has 2 aliphatic rings. The number of hydrogen-bond donors (Lipinski definition) is 3. The van der Waals surface area contributed by atoms with Crippen LogP contribution >= 0.6 is 45.9 Å². The first-order valence-corrected chi connectivity index (χ1v) is 23.1. The fraction of sp³-hybridized carbons (Fsp3) is 0.341. The molecule has 6 heterocycles. The Hall–Kier alpha value is -5.79. The largest absolute Gasteiger partial charge is 0.463 e. The van der Waals surface area contributed by atoms with Crippen LogP contribution in [-0.4, -0.2) is 103 Å². The van der Waals surface area contributed by atoms with Crippen LogP contribution < -0.4 is 20.9 Å². The monoisotopic (exact) mass is 940 g/mol. The summed E-state index contributed by atoms with van der Waals surface area (Å²) in [5, 5.41) is 20.3. The average Bonchev–Trinajstić information content (AvgIpc) is 3.95. The maximum atomic E-state index is 13.6. The number of halogens is 2. The Balaban J connectivity index is 0.821. The van der Waals surface area contributed by atoms with Gasteiger partial charge in [0, 0.05) is 59.8 Å². The van der Waals surface area contributed by atoms with E-state index in [2.05, 4.69) is 64.7 Å². The minimum atomic E-state index is -0.879. The SMILES string of the molecule is Cc1nc(Nc2ncc(C(=O)Nc3c(C)cccc3Cl)s2)cc(N2CCN(CCOC(=O)[C@H](C)NC(=O)C[C@@H]3N=C(c4ccc(Cl)cc4)c4c(sc(C)c4C)-n4c(C)nnc43)CC2)n1. The van der Waals surface area contributed by atoms with Crippen molar-refractivity contribution in [3.05, 3.63) is 114 Å². The van der Waals surface area contributed by atoms with Crippen LogP contribution in [0.2, 0.25) is 10.0 Å². The van der Waals surface area contributed by atoms with Gasteiger partial charge in [0.2, 0.25) is 5.91 Å². The second-order valence-electron chi connectivity index (χ2n) is 15.6. The molecular weight excluding hydrogens is 896 g/mol. The summed E-state index contributed by atoms with van der Waals surface area (Å²) in [5.41, 5.74) is 5.11. The van der Waals surface area contributed by atoms with E-state index < -0.39 is 18.1 Å². The first kappa shape index (κ1) is 44.8. The number of nitrogens with zero attached hydrogens (tertiary/aromatic N) is 9. The number of thiazole rings is 1. The van der Waals surface area contributed by atoms with Gasteiger partial charge in [-0.05, 0) is 70.9 Å². The van der Waals surface area contributed by atoms with Crippen LogP contribution in [0.1, 0.15) is 73.7 Å². The number of nitrogens with one attached hydrogen (secondary N) is 3. The number of esters is 1. The van der Waals surface area contributed by atoms with Gasteiger partial charge in [-0.15, -0.1) is 21.5 Å². The molecule has 1 fully saturated rings. The van der Waals surface area contributed by atoms with Crippen LogP contribution in [-0.2, 0) is 14.3 Å². The number of anilines is 4. The van der Waals surface area contributed by atoms with Crippen LogP contribution in [0, 0.1) is 34.6 Å². The van der Waals surface area contributed by atoms with E-state index in [0.29, 0.717) is 68.7 Å². The molecule has 2 amide bonds. The number of para-hydroxylation sites is 1. The van der Waals surface area contributed by atoms with Gasteiger partial charge in [0.05, 0.1) is 29.0 Å². The number of rotatable bonds is 13. The summed E-state index contributed by atoms with van der Waals surface area (Å²) < 4.78 is 7.62. The number of carbonyl (C=O) groups excluding carboxylic acids is 3. The third-order valence-corrected chi connectivity index (χ3v) is 13.7. The average molecular weight is 942 g/mol. The van der Waals surface area contributed by atoms with Crippen molar-refractivity contribution < 1.29 is 19.1 Å². The van der Waals surface area contributed by atoms with Crippen LogP contribution in [0.4, 0.5) is 22.5 Å². The van der Waals surface area contributed by atoms with E-state index in [1.165, 1.54) is 17.5 Å². The van der Waals surface area contributed by atoms with Gasteiger partial charge in [-0.1, -0.05) is 58.8 Å². The number of benzene rings is 2. The number of piperazine rings is 1. The second kappa shape index (κ2) is 19.1. The van der Waals surface area contributed by atoms with Crippen LogP contribution in [0.15, 0.2) is 59.7 Å². The molecule has 2 aliphatic heterocycles. The van der Waals surface area contributed by atoms with Gasteiger partial charge >= 0.3 is 5.97 Å². The molecule has 16 nitrogen and oxygen atoms in total. The number of aliphatic imine (C=N–C) groups is 1. The maximum Gasteiger partial charge on any atom is 0.328 e. The van der Waals surface area contributed by atoms with Crippen molar-refractivity contribution >= 4 is 91.8 Å². The summed E-state index contributed by atoms with van der Waals surface area (Å²) in [4.78, 5) is 64.4. The first-order valence-electron chi connectivity index (χ1n) is 20.7. The quantitative estimate of drug-likeness (QED) is 0.0967. The fourth-order valence-corrected chi connectivity index (χ4v) is 9.89. The van der Waals surface area contributed by atoms with E-state index in [0.717, 1.165) is 56.8 Å². The summed E-state index contributed by atoms with van der Waals surface area (Å²) >= 11 is 15.4. The second-order valence-corrected chi connectivity index (χ2v) is 18.7. The van der Waals surface area contributed by atoms with E-state index >= 15 is 0 Å². The molecule has 332 valence electrons. The summed E-state index contributed by atoms with van der Waals surface area (Å²) in [6.45, 7) is 14.9. The van der Waals surface area contributed by atoms with Gasteiger partial charge in [-0.2, -0.15) is 0 Å². The zero-order chi connectivity index (χ0) is 45.2. The molecule has 0 aliphatic carbocycles. The van der Waals surface area contributed by atoms with Gasteiger partial charge < -0.3 is 25.6 Å². The van der Waals surface area contributed by atoms with Crippen molar-refractivity contribution in [3.8, 4) is 5.00 Å². The number of thiophene rings is 1. The highest BCUT2D eigenvalue weighted by atomic mass is 35.5. The zero-order valence-corrected chi connectivity index (χ0v) is 39.2. The van der Waals surface area contributed by atoms with Crippen molar-refractivity contribution in [2.45, 2.75) is 60.0 Å². The lowest BCUT2D eigenvalue weighted by molar-refractivity contribution is -0.147. The van der Waals surface area contributed by atoms with E-state index in [1.807, 2.05) is 67.8 Å². The number of aryl methyl sites for hydroxylation is 4. The summed E-state index contributed by atoms with van der Waals surface area (Å²) in [7, 11) is 0. The van der Waals surface area contributed by atoms with Gasteiger partial charge in [0.1, 0.15) is 51.9 Å². The highest BCUT2D eigenvalue weighted by Crippen LogP contribution is 2.40. The number of hydrogen-bond acceptors (Lipinski definition) is 15. The highest BCUT2D eigenvalue weighted by Gasteiger charge is 2.33. The number of amides is 2. The summed E-state index contributed by atoms with van der Waals surface area (Å²) in [6.07, 6.45) is 1.46. The molecule has 1 saturated heterocycles. The molecule has 0 spiro atoms. The molecule has 64 heavy (non-hydrogen) atoms. The maximum absolute atomic E-state index is 13.6. The van der Waals surface area contributed by atoms with E-state index in [1.54, 1.807) is 24.3 Å². The Morgan fingerprint density at radius 3 is 2.47 bits per heavy atom. The van der Waals surface area contributed by atoms with Gasteiger partial charge in [0.25, 0.3) is 5.91 Å². The molecule has 2 atom stereocenters. The number of ether oxygens (including phenoxy) is 1. The lowest BCUT2D eigenvalue weighted by Gasteiger charge is -2.35. The van der Waals surface area contributed by atoms with Crippen LogP contribution in [0.5, 0.6) is 0 Å². The third-order valence-electron chi connectivity index (χ3n) is 11.1. The minimum Gasteiger partial charge on any atom is -0.463 e. The van der Waals surface area contributed by atoms with E-state index in [4.69, 9.17) is 32.9 Å². The van der Waals surface area contributed by atoms with Crippen molar-refractivity contribution in [1.29, 1.82) is 0 Å². The summed E-state index contributed by atoms with van der Waals surface area (Å²) in [5.74, 6) is 1.97. The molecule has 20 heteroatoms. The lowest BCUT2D eigenvalue weighted by atomic mass is 9.99. The Labute approximate surface area is 388 Å². The van der Waals surface area contributed by atoms with Crippen LogP contribution in [0.25, 0.3) is 5.00 Å². The topological polar surface area (TPSA) is 185 Å². The van der Waals surface area contributed by atoms with Crippen molar-refractivity contribution in [2.24, 2.45) is 4.99 Å². The molecule has 0 unspecified atom stereocenters. The van der Waals surface area contributed by atoms with Gasteiger partial charge in [0.15, 0.2) is 11.0 Å². The molecule has 8 rings (SSSR count). The summed E-state index contributed by atoms with van der Waals surface area (Å²) in [6, 6.07) is 13.3. The zero-order valence-electron chi connectivity index (χ0n) is 36.0. The van der Waals surface area contributed by atoms with Gasteiger partial charge in [-0.3, -0.25) is 24.0 Å². The first-order chi connectivity index (χ1) is 30.7. The van der Waals surface area contributed by atoms with E-state index in [9.17, 15) is 14.4 Å². The number of fused-ring (bicyclic) bond motifs is 3. The fourth-order valence-electron chi connectivity index (χ4n) is 7.56. The van der Waals surface area contributed by atoms with Crippen LogP contribution in [0.3, 0.4) is 0 Å². The Bertz CT molecular complexity index is 2740. The highest BCUT2D eigenvalue weighted by molar-refractivity contribution is 7.17. The normalized spacial score (nSPS) is 15.4. The minimum absolute atomic E-state index is 0.0525. The Kier molecular flexibility index (Phi) is 13.4. The molecule has 3 N–H and O–H groups in total. The molecule has 2 aromatic carbocycles. The predicted molar refractivity (Wildman–Crippen MR) is 251 cm³/mol. The molecule has 0 saturated carbocycles. The predicted octanol–water partition coefficient (Wildman–Crippen LogP) is 7.57. The smallest absolute Gasteiger partial charge is 0.328 e. The van der Waals surface area contributed by atoms with Crippen molar-refractivity contribution in [3.63, 3.8) is 0 Å². The Morgan fingerprint density at radius 2 is 1.72 bits per heavy atom.